The second-order valence-electron chi connectivity index (χ2n) is 3.76. The van der Waals surface area contributed by atoms with Gasteiger partial charge in [0.15, 0.2) is 0 Å². The molecule has 2 heterocycles. The van der Waals surface area contributed by atoms with Gasteiger partial charge in [0, 0.05) is 10.5 Å². The Morgan fingerprint density at radius 1 is 1.22 bits per heavy atom. The van der Waals surface area contributed by atoms with Gasteiger partial charge in [-0.1, -0.05) is 0 Å². The number of ether oxygens (including phenoxy) is 1. The van der Waals surface area contributed by atoms with Gasteiger partial charge < -0.3 is 9.72 Å². The van der Waals surface area contributed by atoms with Gasteiger partial charge in [-0.05, 0) is 18.2 Å². The van der Waals surface area contributed by atoms with E-state index in [9.17, 15) is 0 Å². The molecule has 0 fully saturated rings. The van der Waals surface area contributed by atoms with Crippen LogP contribution in [-0.2, 0) is 0 Å². The van der Waals surface area contributed by atoms with Gasteiger partial charge in [0.05, 0.1) is 25.0 Å². The fraction of sp³-hybridized carbons (Fsp3) is 0.0833. The van der Waals surface area contributed by atoms with E-state index in [-0.39, 0.29) is 0 Å². The molecule has 90 valence electrons. The zero-order chi connectivity index (χ0) is 12.5. The van der Waals surface area contributed by atoms with E-state index in [1.54, 1.807) is 19.5 Å². The van der Waals surface area contributed by atoms with Crippen molar-refractivity contribution in [2.45, 2.75) is 4.90 Å². The summed E-state index contributed by atoms with van der Waals surface area (Å²) < 4.78 is 5.15. The van der Waals surface area contributed by atoms with Crippen molar-refractivity contribution in [2.24, 2.45) is 0 Å². The van der Waals surface area contributed by atoms with E-state index in [0.29, 0.717) is 0 Å². The molecule has 0 saturated heterocycles. The topological polar surface area (TPSA) is 63.7 Å². The second kappa shape index (κ2) is 4.30. The number of aromatic nitrogens is 4. The first-order chi connectivity index (χ1) is 8.78. The third-order valence-corrected chi connectivity index (χ3v) is 3.02. The summed E-state index contributed by atoms with van der Waals surface area (Å²) in [6, 6.07) is 5.64. The van der Waals surface area contributed by atoms with E-state index < -0.39 is 0 Å². The Morgan fingerprint density at radius 2 is 2.06 bits per heavy atom. The lowest BCUT2D eigenvalue weighted by atomic mass is 10.2. The standard InChI is InChI=1S/C12H10N4OS/c1-17-7-2-3-8(11(18)4-7)12-15-9-5-13-14-6-10(9)16-12/h2-6,18H,1H3,(H,15,16). The first-order valence-corrected chi connectivity index (χ1v) is 5.76. The Labute approximate surface area is 109 Å². The van der Waals surface area contributed by atoms with Crippen LogP contribution in [0, 0.1) is 0 Å². The Kier molecular flexibility index (Phi) is 2.64. The smallest absolute Gasteiger partial charge is 0.139 e. The highest BCUT2D eigenvalue weighted by Gasteiger charge is 2.09. The number of aromatic amines is 1. The second-order valence-corrected chi connectivity index (χ2v) is 4.24. The number of rotatable bonds is 2. The number of hydrogen-bond acceptors (Lipinski definition) is 5. The summed E-state index contributed by atoms with van der Waals surface area (Å²) in [5, 5.41) is 7.61. The number of imidazole rings is 1. The van der Waals surface area contributed by atoms with Crippen LogP contribution in [0.1, 0.15) is 0 Å². The van der Waals surface area contributed by atoms with Crippen LogP contribution in [0.3, 0.4) is 0 Å². The van der Waals surface area contributed by atoms with Crippen molar-refractivity contribution in [3.63, 3.8) is 0 Å². The summed E-state index contributed by atoms with van der Waals surface area (Å²) in [4.78, 5) is 8.44. The molecule has 2 aromatic heterocycles. The minimum absolute atomic E-state index is 0.743. The van der Waals surface area contributed by atoms with Crippen molar-refractivity contribution in [3.8, 4) is 17.1 Å². The van der Waals surface area contributed by atoms with Gasteiger partial charge in [-0.3, -0.25) is 0 Å². The molecule has 1 N–H and O–H groups in total. The van der Waals surface area contributed by atoms with Crippen molar-refractivity contribution >= 4 is 23.7 Å². The van der Waals surface area contributed by atoms with E-state index in [1.807, 2.05) is 18.2 Å². The molecule has 0 radical (unpaired) electrons. The molecule has 0 saturated carbocycles. The third-order valence-electron chi connectivity index (χ3n) is 2.65. The number of thiol groups is 1. The molecule has 6 heteroatoms. The molecule has 18 heavy (non-hydrogen) atoms. The molecule has 0 aliphatic heterocycles. The van der Waals surface area contributed by atoms with Crippen LogP contribution in [0.5, 0.6) is 5.75 Å². The van der Waals surface area contributed by atoms with Gasteiger partial charge in [-0.2, -0.15) is 10.2 Å². The largest absolute Gasteiger partial charge is 0.497 e. The number of hydrogen-bond donors (Lipinski definition) is 2. The normalized spacial score (nSPS) is 10.8. The molecule has 1 aromatic carbocycles. The minimum Gasteiger partial charge on any atom is -0.497 e. The van der Waals surface area contributed by atoms with E-state index >= 15 is 0 Å². The van der Waals surface area contributed by atoms with Crippen LogP contribution in [0.15, 0.2) is 35.5 Å². The van der Waals surface area contributed by atoms with Crippen molar-refractivity contribution in [3.05, 3.63) is 30.6 Å². The average molecular weight is 258 g/mol. The molecule has 5 nitrogen and oxygen atoms in total. The summed E-state index contributed by atoms with van der Waals surface area (Å²) in [6.45, 7) is 0. The van der Waals surface area contributed by atoms with E-state index in [4.69, 9.17) is 4.74 Å². The van der Waals surface area contributed by atoms with Crippen LogP contribution >= 0.6 is 12.6 Å². The van der Waals surface area contributed by atoms with E-state index in [1.165, 1.54) is 0 Å². The zero-order valence-electron chi connectivity index (χ0n) is 9.58. The zero-order valence-corrected chi connectivity index (χ0v) is 10.5. The average Bonchev–Trinajstić information content (AvgIpc) is 2.81. The maximum absolute atomic E-state index is 5.15. The molecule has 0 aliphatic rings. The first-order valence-electron chi connectivity index (χ1n) is 5.31. The quantitative estimate of drug-likeness (QED) is 0.692. The number of H-pyrrole nitrogens is 1. The lowest BCUT2D eigenvalue weighted by Crippen LogP contribution is -1.86. The predicted octanol–water partition coefficient (Wildman–Crippen LogP) is 2.32. The first kappa shape index (κ1) is 11.0. The molecule has 0 spiro atoms. The number of methoxy groups -OCH3 is 1. The highest BCUT2D eigenvalue weighted by molar-refractivity contribution is 7.80. The molecule has 0 bridgehead atoms. The highest BCUT2D eigenvalue weighted by Crippen LogP contribution is 2.29. The molecule has 0 unspecified atom stereocenters. The summed E-state index contributed by atoms with van der Waals surface area (Å²) in [5.74, 6) is 1.51. The van der Waals surface area contributed by atoms with Crippen molar-refractivity contribution in [1.29, 1.82) is 0 Å². The molecule has 0 aliphatic carbocycles. The molecular weight excluding hydrogens is 248 g/mol. The van der Waals surface area contributed by atoms with Gasteiger partial charge in [0.25, 0.3) is 0 Å². The Bertz CT molecular complexity index is 677. The maximum Gasteiger partial charge on any atom is 0.139 e. The SMILES string of the molecule is COc1ccc(-c2nc3cnncc3[nH]2)c(S)c1. The lowest BCUT2D eigenvalue weighted by molar-refractivity contribution is 0.414. The molecular formula is C12H10N4OS. The van der Waals surface area contributed by atoms with Crippen LogP contribution in [-0.4, -0.2) is 27.3 Å². The fourth-order valence-electron chi connectivity index (χ4n) is 1.74. The number of nitrogens with zero attached hydrogens (tertiary/aromatic N) is 3. The summed E-state index contributed by atoms with van der Waals surface area (Å²) in [6.07, 6.45) is 3.27. The van der Waals surface area contributed by atoms with Crippen molar-refractivity contribution in [2.75, 3.05) is 7.11 Å². The Hall–Kier alpha value is -2.08. The third kappa shape index (κ3) is 1.80. The van der Waals surface area contributed by atoms with Gasteiger partial charge >= 0.3 is 0 Å². The highest BCUT2D eigenvalue weighted by atomic mass is 32.1. The van der Waals surface area contributed by atoms with Crippen LogP contribution in [0.2, 0.25) is 0 Å². The summed E-state index contributed by atoms with van der Waals surface area (Å²) in [5.41, 5.74) is 2.54. The van der Waals surface area contributed by atoms with Gasteiger partial charge in [-0.15, -0.1) is 12.6 Å². The van der Waals surface area contributed by atoms with Crippen LogP contribution < -0.4 is 4.74 Å². The fourth-order valence-corrected chi connectivity index (χ4v) is 2.05. The Morgan fingerprint density at radius 3 is 2.78 bits per heavy atom. The minimum atomic E-state index is 0.743. The monoisotopic (exact) mass is 258 g/mol. The summed E-state index contributed by atoms with van der Waals surface area (Å²) >= 11 is 4.44. The van der Waals surface area contributed by atoms with Crippen LogP contribution in [0.4, 0.5) is 0 Å². The van der Waals surface area contributed by atoms with Crippen molar-refractivity contribution < 1.29 is 4.74 Å². The molecule has 3 rings (SSSR count). The maximum atomic E-state index is 5.15. The van der Waals surface area contributed by atoms with Gasteiger partial charge in [0.1, 0.15) is 17.1 Å². The molecule has 3 aromatic rings. The summed E-state index contributed by atoms with van der Waals surface area (Å²) in [7, 11) is 1.63. The van der Waals surface area contributed by atoms with E-state index in [2.05, 4.69) is 32.8 Å². The van der Waals surface area contributed by atoms with Gasteiger partial charge in [0.2, 0.25) is 0 Å². The molecule has 0 amide bonds. The van der Waals surface area contributed by atoms with Gasteiger partial charge in [-0.25, -0.2) is 4.98 Å². The van der Waals surface area contributed by atoms with Crippen LogP contribution in [0.25, 0.3) is 22.4 Å². The number of fused-ring (bicyclic) bond motifs is 1. The predicted molar refractivity (Wildman–Crippen MR) is 70.9 cm³/mol. The molecule has 0 atom stereocenters. The van der Waals surface area contributed by atoms with Crippen molar-refractivity contribution in [1.82, 2.24) is 20.2 Å². The number of benzene rings is 1. The Balaban J connectivity index is 2.14. The van der Waals surface area contributed by atoms with E-state index in [0.717, 1.165) is 33.1 Å². The lowest BCUT2D eigenvalue weighted by Gasteiger charge is -2.04. The number of nitrogens with one attached hydrogen (secondary N) is 1.